The van der Waals surface area contributed by atoms with Crippen molar-refractivity contribution in [1.29, 1.82) is 0 Å². The molecule has 1 atom stereocenters. The zero-order valence-electron chi connectivity index (χ0n) is 11.4. The number of hydrogen-bond donors (Lipinski definition) is 3. The summed E-state index contributed by atoms with van der Waals surface area (Å²) in [5.74, 6) is -2.29. The molecule has 2 amide bonds. The number of hydrogen-bond acceptors (Lipinski definition) is 3. The normalized spacial score (nSPS) is 11.9. The summed E-state index contributed by atoms with van der Waals surface area (Å²) in [4.78, 5) is 33.6. The lowest BCUT2D eigenvalue weighted by atomic mass is 10.0. The predicted octanol–water partition coefficient (Wildman–Crippen LogP) is 0.868. The van der Waals surface area contributed by atoms with Gasteiger partial charge in [0, 0.05) is 5.56 Å². The molecule has 0 aliphatic rings. The highest BCUT2D eigenvalue weighted by Crippen LogP contribution is 2.14. The van der Waals surface area contributed by atoms with Crippen molar-refractivity contribution in [1.82, 2.24) is 5.32 Å². The molecule has 0 heterocycles. The van der Waals surface area contributed by atoms with E-state index < -0.39 is 30.2 Å². The summed E-state index contributed by atoms with van der Waals surface area (Å²) in [5.41, 5.74) is 6.36. The molecule has 6 heteroatoms. The van der Waals surface area contributed by atoms with Crippen LogP contribution in [0.5, 0.6) is 0 Å². The first-order valence-electron chi connectivity index (χ1n) is 6.23. The van der Waals surface area contributed by atoms with Crippen molar-refractivity contribution >= 4 is 17.8 Å². The van der Waals surface area contributed by atoms with Crippen LogP contribution in [0.15, 0.2) is 24.3 Å². The van der Waals surface area contributed by atoms with Crippen LogP contribution in [0, 0.1) is 0 Å². The number of carbonyl (C=O) groups is 3. The Morgan fingerprint density at radius 2 is 1.75 bits per heavy atom. The molecule has 0 fully saturated rings. The minimum Gasteiger partial charge on any atom is -0.480 e. The molecular weight excluding hydrogens is 260 g/mol. The quantitative estimate of drug-likeness (QED) is 0.717. The van der Waals surface area contributed by atoms with Crippen LogP contribution in [0.1, 0.15) is 42.1 Å². The monoisotopic (exact) mass is 278 g/mol. The summed E-state index contributed by atoms with van der Waals surface area (Å²) < 4.78 is 0. The molecule has 0 aromatic heterocycles. The maximum absolute atomic E-state index is 11.9. The fourth-order valence-electron chi connectivity index (χ4n) is 1.66. The first kappa shape index (κ1) is 15.7. The van der Waals surface area contributed by atoms with Crippen LogP contribution in [0.3, 0.4) is 0 Å². The molecule has 1 aromatic carbocycles. The van der Waals surface area contributed by atoms with Gasteiger partial charge in [-0.05, 0) is 23.6 Å². The van der Waals surface area contributed by atoms with E-state index in [4.69, 9.17) is 10.8 Å². The van der Waals surface area contributed by atoms with Gasteiger partial charge in [0.1, 0.15) is 6.04 Å². The molecular formula is C14H18N2O4. The molecule has 0 radical (unpaired) electrons. The molecule has 0 unspecified atom stereocenters. The highest BCUT2D eigenvalue weighted by Gasteiger charge is 2.22. The van der Waals surface area contributed by atoms with Crippen LogP contribution in [-0.2, 0) is 9.59 Å². The first-order chi connectivity index (χ1) is 9.31. The Morgan fingerprint density at radius 1 is 1.20 bits per heavy atom. The van der Waals surface area contributed by atoms with Crippen LogP contribution in [-0.4, -0.2) is 28.9 Å². The summed E-state index contributed by atoms with van der Waals surface area (Å²) in [6.45, 7) is 4.06. The van der Waals surface area contributed by atoms with E-state index in [0.29, 0.717) is 11.5 Å². The predicted molar refractivity (Wildman–Crippen MR) is 73.2 cm³/mol. The Balaban J connectivity index is 2.78. The molecule has 0 spiro atoms. The maximum atomic E-state index is 11.9. The van der Waals surface area contributed by atoms with E-state index in [-0.39, 0.29) is 0 Å². The van der Waals surface area contributed by atoms with Gasteiger partial charge in [-0.3, -0.25) is 9.59 Å². The summed E-state index contributed by atoms with van der Waals surface area (Å²) in [5, 5.41) is 11.2. The SMILES string of the molecule is CC(C)c1ccc(C(=O)N[C@H](CC(N)=O)C(=O)O)cc1. The average molecular weight is 278 g/mol. The number of primary amides is 1. The molecule has 1 aromatic rings. The van der Waals surface area contributed by atoms with E-state index >= 15 is 0 Å². The smallest absolute Gasteiger partial charge is 0.326 e. The molecule has 0 saturated carbocycles. The number of nitrogens with two attached hydrogens (primary N) is 1. The van der Waals surface area contributed by atoms with Gasteiger partial charge in [-0.15, -0.1) is 0 Å². The second-order valence-electron chi connectivity index (χ2n) is 4.81. The number of carbonyl (C=O) groups excluding carboxylic acids is 2. The van der Waals surface area contributed by atoms with Crippen LogP contribution >= 0.6 is 0 Å². The van der Waals surface area contributed by atoms with E-state index in [1.165, 1.54) is 0 Å². The lowest BCUT2D eigenvalue weighted by Crippen LogP contribution is -2.43. The van der Waals surface area contributed by atoms with E-state index in [1.54, 1.807) is 12.1 Å². The van der Waals surface area contributed by atoms with Crippen molar-refractivity contribution < 1.29 is 19.5 Å². The number of carboxylic acid groups (broad SMARTS) is 1. The van der Waals surface area contributed by atoms with Crippen molar-refractivity contribution in [3.05, 3.63) is 35.4 Å². The Bertz CT molecular complexity index is 508. The zero-order chi connectivity index (χ0) is 15.3. The van der Waals surface area contributed by atoms with Gasteiger partial charge < -0.3 is 16.2 Å². The number of carboxylic acids is 1. The fraction of sp³-hybridized carbons (Fsp3) is 0.357. The minimum atomic E-state index is -1.32. The van der Waals surface area contributed by atoms with Crippen molar-refractivity contribution in [2.24, 2.45) is 5.73 Å². The summed E-state index contributed by atoms with van der Waals surface area (Å²) in [6.07, 6.45) is -0.439. The second-order valence-corrected chi connectivity index (χ2v) is 4.81. The van der Waals surface area contributed by atoms with Crippen molar-refractivity contribution in [2.75, 3.05) is 0 Å². The lowest BCUT2D eigenvalue weighted by molar-refractivity contribution is -0.140. The number of aliphatic carboxylic acids is 1. The van der Waals surface area contributed by atoms with E-state index in [0.717, 1.165) is 5.56 Å². The van der Waals surface area contributed by atoms with Gasteiger partial charge in [0.2, 0.25) is 5.91 Å². The molecule has 0 aliphatic heterocycles. The van der Waals surface area contributed by atoms with Gasteiger partial charge in [0.25, 0.3) is 5.91 Å². The third kappa shape index (κ3) is 4.38. The molecule has 0 bridgehead atoms. The van der Waals surface area contributed by atoms with E-state index in [9.17, 15) is 14.4 Å². The highest BCUT2D eigenvalue weighted by atomic mass is 16.4. The number of rotatable bonds is 6. The Kier molecular flexibility index (Phi) is 5.25. The molecule has 1 rings (SSSR count). The van der Waals surface area contributed by atoms with Gasteiger partial charge in [0.05, 0.1) is 6.42 Å². The Hall–Kier alpha value is -2.37. The third-order valence-corrected chi connectivity index (χ3v) is 2.85. The van der Waals surface area contributed by atoms with Crippen LogP contribution in [0.2, 0.25) is 0 Å². The van der Waals surface area contributed by atoms with Gasteiger partial charge in [-0.2, -0.15) is 0 Å². The summed E-state index contributed by atoms with van der Waals surface area (Å²) >= 11 is 0. The maximum Gasteiger partial charge on any atom is 0.326 e. The van der Waals surface area contributed by atoms with E-state index in [2.05, 4.69) is 5.32 Å². The van der Waals surface area contributed by atoms with Crippen molar-refractivity contribution in [3.8, 4) is 0 Å². The lowest BCUT2D eigenvalue weighted by Gasteiger charge is -2.13. The van der Waals surface area contributed by atoms with Crippen LogP contribution in [0.25, 0.3) is 0 Å². The van der Waals surface area contributed by atoms with E-state index in [1.807, 2.05) is 26.0 Å². The standard InChI is InChI=1S/C14H18N2O4/c1-8(2)9-3-5-10(6-4-9)13(18)16-11(14(19)20)7-12(15)17/h3-6,8,11H,7H2,1-2H3,(H2,15,17)(H,16,18)(H,19,20)/t11-/m1/s1. The van der Waals surface area contributed by atoms with Crippen molar-refractivity contribution in [3.63, 3.8) is 0 Å². The molecule has 0 aliphatic carbocycles. The van der Waals surface area contributed by atoms with Gasteiger partial charge in [-0.25, -0.2) is 4.79 Å². The van der Waals surface area contributed by atoms with Gasteiger partial charge in [-0.1, -0.05) is 26.0 Å². The highest BCUT2D eigenvalue weighted by molar-refractivity contribution is 5.97. The van der Waals surface area contributed by atoms with Crippen LogP contribution < -0.4 is 11.1 Å². The second kappa shape index (κ2) is 6.70. The molecule has 0 saturated heterocycles. The summed E-state index contributed by atoms with van der Waals surface area (Å²) in [7, 11) is 0. The van der Waals surface area contributed by atoms with Crippen molar-refractivity contribution in [2.45, 2.75) is 32.2 Å². The third-order valence-electron chi connectivity index (χ3n) is 2.85. The fourth-order valence-corrected chi connectivity index (χ4v) is 1.66. The minimum absolute atomic E-state index is 0.338. The Labute approximate surface area is 117 Å². The van der Waals surface area contributed by atoms with Gasteiger partial charge >= 0.3 is 5.97 Å². The molecule has 4 N–H and O–H groups in total. The Morgan fingerprint density at radius 3 is 2.15 bits per heavy atom. The molecule has 108 valence electrons. The zero-order valence-corrected chi connectivity index (χ0v) is 11.4. The number of amides is 2. The summed E-state index contributed by atoms with van der Waals surface area (Å²) in [6, 6.07) is 5.54. The average Bonchev–Trinajstić information content (AvgIpc) is 2.37. The largest absolute Gasteiger partial charge is 0.480 e. The van der Waals surface area contributed by atoms with Crippen LogP contribution in [0.4, 0.5) is 0 Å². The number of benzene rings is 1. The first-order valence-corrected chi connectivity index (χ1v) is 6.23. The molecule has 6 nitrogen and oxygen atoms in total. The van der Waals surface area contributed by atoms with Gasteiger partial charge in [0.15, 0.2) is 0 Å². The topological polar surface area (TPSA) is 109 Å². The number of nitrogens with one attached hydrogen (secondary N) is 1. The molecule has 20 heavy (non-hydrogen) atoms.